The number of fused-ring (bicyclic) bond motifs is 3. The Morgan fingerprint density at radius 1 is 0.800 bits per heavy atom. The molecule has 156 valence electrons. The first-order chi connectivity index (χ1) is 14.1. The monoisotopic (exact) mass is 412 g/mol. The van der Waals surface area contributed by atoms with Gasteiger partial charge in [0.25, 0.3) is 0 Å². The zero-order valence-electron chi connectivity index (χ0n) is 19.5. The molecule has 1 heterocycles. The Labute approximate surface area is 185 Å². The van der Waals surface area contributed by atoms with E-state index < -0.39 is 0 Å². The van der Waals surface area contributed by atoms with Crippen LogP contribution in [0, 0.1) is 0 Å². The van der Waals surface area contributed by atoms with Gasteiger partial charge in [-0.3, -0.25) is 0 Å². The number of hydrogen-bond acceptors (Lipinski definition) is 0. The molecular weight excluding hydrogens is 376 g/mol. The van der Waals surface area contributed by atoms with Crippen molar-refractivity contribution >= 4 is 9.52 Å². The van der Waals surface area contributed by atoms with Crippen LogP contribution in [0.25, 0.3) is 11.1 Å². The Kier molecular flexibility index (Phi) is 4.56. The van der Waals surface area contributed by atoms with Crippen molar-refractivity contribution in [1.29, 1.82) is 0 Å². The average Bonchev–Trinajstić information content (AvgIpc) is 3.25. The third-order valence-corrected chi connectivity index (χ3v) is 10.6. The van der Waals surface area contributed by atoms with Gasteiger partial charge in [-0.2, -0.15) is 0 Å². The molecule has 5 rings (SSSR count). The van der Waals surface area contributed by atoms with E-state index in [2.05, 4.69) is 96.2 Å². The highest BCUT2D eigenvalue weighted by molar-refractivity contribution is 6.45. The summed E-state index contributed by atoms with van der Waals surface area (Å²) >= 11 is 0. The second-order valence-electron chi connectivity index (χ2n) is 11.9. The summed E-state index contributed by atoms with van der Waals surface area (Å²) in [5.41, 5.74) is 13.2. The third kappa shape index (κ3) is 3.26. The molecule has 0 amide bonds. The largest absolute Gasteiger partial charge is 0.0805 e. The summed E-state index contributed by atoms with van der Waals surface area (Å²) in [5, 5.41) is 0. The van der Waals surface area contributed by atoms with Crippen LogP contribution >= 0.6 is 0 Å². The van der Waals surface area contributed by atoms with E-state index in [1.165, 1.54) is 35.1 Å². The van der Waals surface area contributed by atoms with Gasteiger partial charge in [0.1, 0.15) is 0 Å². The van der Waals surface area contributed by atoms with Gasteiger partial charge in [0.15, 0.2) is 0 Å². The number of rotatable bonds is 2. The fourth-order valence-electron chi connectivity index (χ4n) is 5.74. The van der Waals surface area contributed by atoms with Crippen molar-refractivity contribution in [2.75, 3.05) is 0 Å². The van der Waals surface area contributed by atoms with Gasteiger partial charge in [-0.25, -0.2) is 0 Å². The molecule has 1 fully saturated rings. The lowest BCUT2D eigenvalue weighted by molar-refractivity contribution is 0.570. The fraction of sp³-hybridized carbons (Fsp3) is 0.448. The van der Waals surface area contributed by atoms with E-state index in [1.54, 1.807) is 16.7 Å². The summed E-state index contributed by atoms with van der Waals surface area (Å²) in [4.78, 5) is 0. The van der Waals surface area contributed by atoms with Crippen molar-refractivity contribution in [3.05, 3.63) is 82.5 Å². The van der Waals surface area contributed by atoms with E-state index in [4.69, 9.17) is 0 Å². The molecule has 3 aliphatic rings. The SMILES string of the molecule is CC(C)(C)c1ccc2c(c1)C(C1CC(C3=CC=CC3)[SiH2]1)c1cc(C(C)(C)C)ccc1-2. The van der Waals surface area contributed by atoms with E-state index in [1.807, 2.05) is 0 Å². The second-order valence-corrected chi connectivity index (χ2v) is 14.4. The molecule has 2 aromatic rings. The molecule has 0 N–H and O–H groups in total. The van der Waals surface area contributed by atoms with E-state index in [-0.39, 0.29) is 20.3 Å². The molecule has 0 aromatic heterocycles. The van der Waals surface area contributed by atoms with Crippen LogP contribution in [0.4, 0.5) is 0 Å². The summed E-state index contributed by atoms with van der Waals surface area (Å²) in [6.07, 6.45) is 9.62. The van der Waals surface area contributed by atoms with Gasteiger partial charge in [-0.15, -0.1) is 0 Å². The minimum absolute atomic E-state index is 0.106. The van der Waals surface area contributed by atoms with E-state index in [0.29, 0.717) is 5.92 Å². The zero-order valence-corrected chi connectivity index (χ0v) is 21.0. The molecule has 1 aliphatic heterocycles. The minimum Gasteiger partial charge on any atom is -0.0805 e. The number of allylic oxidation sites excluding steroid dienone is 4. The summed E-state index contributed by atoms with van der Waals surface area (Å²) in [6.45, 7) is 14.1. The highest BCUT2D eigenvalue weighted by Gasteiger charge is 2.43. The van der Waals surface area contributed by atoms with Gasteiger partial charge in [-0.1, -0.05) is 102 Å². The summed E-state index contributed by atoms with van der Waals surface area (Å²) in [5.74, 6) is 0.623. The quantitative estimate of drug-likeness (QED) is 0.450. The molecule has 2 aliphatic carbocycles. The molecule has 1 saturated heterocycles. The molecule has 2 unspecified atom stereocenters. The van der Waals surface area contributed by atoms with Crippen molar-refractivity contribution < 1.29 is 0 Å². The Hall–Kier alpha value is -1.86. The average molecular weight is 413 g/mol. The van der Waals surface area contributed by atoms with Crippen LogP contribution in [-0.4, -0.2) is 9.52 Å². The zero-order chi connectivity index (χ0) is 21.3. The Morgan fingerprint density at radius 2 is 1.33 bits per heavy atom. The lowest BCUT2D eigenvalue weighted by atomic mass is 9.81. The van der Waals surface area contributed by atoms with Gasteiger partial charge in [0.2, 0.25) is 0 Å². The van der Waals surface area contributed by atoms with Crippen LogP contribution < -0.4 is 0 Å². The van der Waals surface area contributed by atoms with Crippen LogP contribution in [0.5, 0.6) is 0 Å². The lowest BCUT2D eigenvalue weighted by Crippen LogP contribution is -2.30. The Morgan fingerprint density at radius 3 is 1.77 bits per heavy atom. The molecule has 0 bridgehead atoms. The summed E-state index contributed by atoms with van der Waals surface area (Å²) in [6, 6.07) is 14.7. The molecule has 1 heteroatoms. The smallest absolute Gasteiger partial charge is 0.0327 e. The van der Waals surface area contributed by atoms with Crippen LogP contribution in [0.15, 0.2) is 60.2 Å². The third-order valence-electron chi connectivity index (χ3n) is 7.77. The van der Waals surface area contributed by atoms with Gasteiger partial charge in [-0.05, 0) is 68.1 Å². The van der Waals surface area contributed by atoms with Gasteiger partial charge in [0, 0.05) is 15.4 Å². The van der Waals surface area contributed by atoms with E-state index in [9.17, 15) is 0 Å². The minimum atomic E-state index is -0.106. The van der Waals surface area contributed by atoms with Crippen LogP contribution in [0.1, 0.15) is 82.6 Å². The van der Waals surface area contributed by atoms with Crippen molar-refractivity contribution in [3.63, 3.8) is 0 Å². The molecule has 0 saturated carbocycles. The highest BCUT2D eigenvalue weighted by Crippen LogP contribution is 2.58. The second kappa shape index (κ2) is 6.82. The topological polar surface area (TPSA) is 0 Å². The van der Waals surface area contributed by atoms with Crippen LogP contribution in [-0.2, 0) is 10.8 Å². The molecule has 30 heavy (non-hydrogen) atoms. The van der Waals surface area contributed by atoms with Gasteiger partial charge in [0.05, 0.1) is 0 Å². The predicted molar refractivity (Wildman–Crippen MR) is 134 cm³/mol. The molecule has 0 nitrogen and oxygen atoms in total. The number of hydrogen-bond donors (Lipinski definition) is 0. The van der Waals surface area contributed by atoms with E-state index in [0.717, 1.165) is 11.1 Å². The lowest BCUT2D eigenvalue weighted by Gasteiger charge is -2.41. The molecule has 2 atom stereocenters. The first-order valence-electron chi connectivity index (χ1n) is 11.8. The maximum atomic E-state index is 2.56. The molecule has 0 radical (unpaired) electrons. The number of benzene rings is 2. The summed E-state index contributed by atoms with van der Waals surface area (Å²) in [7, 11) is -0.106. The van der Waals surface area contributed by atoms with Gasteiger partial charge < -0.3 is 0 Å². The highest BCUT2D eigenvalue weighted by atomic mass is 28.2. The maximum absolute atomic E-state index is 2.56. The molecular formula is C29H36Si. The first-order valence-corrected chi connectivity index (χ1v) is 13.4. The standard InChI is InChI=1S/C29H36Si/c1-28(2,3)19-11-13-21-22-14-12-20(29(4,5)6)16-24(22)27(23(21)15-19)26-17-25(30-26)18-9-7-8-10-18/h7-9,11-16,25-27H,10,17,30H2,1-6H3. The normalized spacial score (nSPS) is 24.0. The first kappa shape index (κ1) is 20.1. The van der Waals surface area contributed by atoms with Gasteiger partial charge >= 0.3 is 0 Å². The van der Waals surface area contributed by atoms with Crippen molar-refractivity contribution in [2.24, 2.45) is 0 Å². The Bertz CT molecular complexity index is 985. The summed E-state index contributed by atoms with van der Waals surface area (Å²) < 4.78 is 0. The maximum Gasteiger partial charge on any atom is 0.0327 e. The molecule has 0 spiro atoms. The van der Waals surface area contributed by atoms with Crippen molar-refractivity contribution in [1.82, 2.24) is 0 Å². The Balaban J connectivity index is 1.56. The van der Waals surface area contributed by atoms with E-state index >= 15 is 0 Å². The van der Waals surface area contributed by atoms with Crippen molar-refractivity contribution in [3.8, 4) is 11.1 Å². The van der Waals surface area contributed by atoms with Crippen molar-refractivity contribution in [2.45, 2.75) is 82.2 Å². The van der Waals surface area contributed by atoms with Crippen LogP contribution in [0.2, 0.25) is 11.1 Å². The molecule has 2 aromatic carbocycles. The van der Waals surface area contributed by atoms with Crippen LogP contribution in [0.3, 0.4) is 0 Å². The predicted octanol–water partition coefficient (Wildman–Crippen LogP) is 7.43. The fourth-order valence-corrected chi connectivity index (χ4v) is 8.32.